The van der Waals surface area contributed by atoms with E-state index in [0.717, 1.165) is 24.4 Å². The number of imidazole rings is 1. The maximum atomic E-state index is 12.4. The van der Waals surface area contributed by atoms with E-state index in [2.05, 4.69) is 28.3 Å². The van der Waals surface area contributed by atoms with Crippen LogP contribution in [0.2, 0.25) is 0 Å². The molecule has 1 aliphatic rings. The van der Waals surface area contributed by atoms with E-state index in [4.69, 9.17) is 0 Å². The molecule has 3 rings (SSSR count). The number of nitrogens with zero attached hydrogens (tertiary/aromatic N) is 2. The fraction of sp³-hybridized carbons (Fsp3) is 0.429. The lowest BCUT2D eigenvalue weighted by Crippen LogP contribution is -2.39. The minimum absolute atomic E-state index is 0.168. The molecule has 0 spiro atoms. The summed E-state index contributed by atoms with van der Waals surface area (Å²) in [5.74, 6) is 0.168. The first-order valence-electron chi connectivity index (χ1n) is 6.51. The highest BCUT2D eigenvalue weighted by Crippen LogP contribution is 2.33. The summed E-state index contributed by atoms with van der Waals surface area (Å²) in [7, 11) is 0. The van der Waals surface area contributed by atoms with Crippen LogP contribution in [0.15, 0.2) is 17.8 Å². The van der Waals surface area contributed by atoms with Crippen LogP contribution >= 0.6 is 11.3 Å². The van der Waals surface area contributed by atoms with Gasteiger partial charge in [0.1, 0.15) is 0 Å². The number of aromatic amines is 1. The molecule has 0 bridgehead atoms. The number of nitrogens with one attached hydrogen (secondary N) is 1. The number of H-pyrrole nitrogens is 1. The molecule has 1 amide bonds. The monoisotopic (exact) mass is 275 g/mol. The van der Waals surface area contributed by atoms with Gasteiger partial charge in [0, 0.05) is 17.1 Å². The smallest absolute Gasteiger partial charge is 0.229 e. The average molecular weight is 275 g/mol. The predicted octanol–water partition coefficient (Wildman–Crippen LogP) is 2.47. The van der Waals surface area contributed by atoms with Crippen molar-refractivity contribution in [3.8, 4) is 0 Å². The maximum Gasteiger partial charge on any atom is 0.229 e. The van der Waals surface area contributed by atoms with Gasteiger partial charge in [-0.1, -0.05) is 0 Å². The van der Waals surface area contributed by atoms with Crippen LogP contribution in [0, 0.1) is 6.92 Å². The normalized spacial score (nSPS) is 18.4. The largest absolute Gasteiger partial charge is 0.348 e. The van der Waals surface area contributed by atoms with Crippen molar-refractivity contribution in [2.45, 2.75) is 32.7 Å². The average Bonchev–Trinajstić information content (AvgIpc) is 3.00. The number of aromatic nitrogens is 2. The quantitative estimate of drug-likeness (QED) is 0.915. The van der Waals surface area contributed by atoms with Crippen LogP contribution in [0.25, 0.3) is 0 Å². The minimum Gasteiger partial charge on any atom is -0.348 e. The number of thiophene rings is 1. The number of amides is 1. The number of hydrogen-bond acceptors (Lipinski definition) is 3. The van der Waals surface area contributed by atoms with Gasteiger partial charge in [-0.25, -0.2) is 4.98 Å². The van der Waals surface area contributed by atoms with Gasteiger partial charge in [-0.15, -0.1) is 11.3 Å². The SMILES string of the molecule is Cc1[nH]cnc1CC(=O)N1CCc2ccsc2C1C. The Labute approximate surface area is 116 Å². The molecular weight excluding hydrogens is 258 g/mol. The van der Waals surface area contributed by atoms with E-state index in [1.807, 2.05) is 11.8 Å². The Morgan fingerprint density at radius 2 is 2.47 bits per heavy atom. The molecule has 0 radical (unpaired) electrons. The molecule has 19 heavy (non-hydrogen) atoms. The molecular formula is C14H17N3OS. The fourth-order valence-corrected chi connectivity index (χ4v) is 3.67. The molecule has 3 heterocycles. The second kappa shape index (κ2) is 4.81. The van der Waals surface area contributed by atoms with E-state index in [9.17, 15) is 4.79 Å². The third-order valence-electron chi connectivity index (χ3n) is 3.82. The van der Waals surface area contributed by atoms with Gasteiger partial charge in [0.25, 0.3) is 0 Å². The van der Waals surface area contributed by atoms with Crippen molar-refractivity contribution in [3.63, 3.8) is 0 Å². The summed E-state index contributed by atoms with van der Waals surface area (Å²) in [6.45, 7) is 4.88. The van der Waals surface area contributed by atoms with Gasteiger partial charge in [-0.3, -0.25) is 4.79 Å². The molecule has 2 aromatic heterocycles. The van der Waals surface area contributed by atoms with Crippen LogP contribution in [0.3, 0.4) is 0 Å². The Kier molecular flexibility index (Phi) is 3.14. The van der Waals surface area contributed by atoms with Crippen LogP contribution in [0.5, 0.6) is 0 Å². The van der Waals surface area contributed by atoms with Crippen molar-refractivity contribution in [3.05, 3.63) is 39.6 Å². The van der Waals surface area contributed by atoms with Gasteiger partial charge in [0.05, 0.1) is 24.5 Å². The van der Waals surface area contributed by atoms with Crippen molar-refractivity contribution >= 4 is 17.2 Å². The Balaban J connectivity index is 1.77. The second-order valence-electron chi connectivity index (χ2n) is 4.97. The molecule has 1 unspecified atom stereocenters. The first kappa shape index (κ1) is 12.4. The maximum absolute atomic E-state index is 12.4. The van der Waals surface area contributed by atoms with Gasteiger partial charge in [-0.2, -0.15) is 0 Å². The lowest BCUT2D eigenvalue weighted by atomic mass is 10.0. The number of rotatable bonds is 2. The second-order valence-corrected chi connectivity index (χ2v) is 5.92. The van der Waals surface area contributed by atoms with E-state index in [0.29, 0.717) is 6.42 Å². The number of carbonyl (C=O) groups excluding carboxylic acids is 1. The van der Waals surface area contributed by atoms with E-state index >= 15 is 0 Å². The van der Waals surface area contributed by atoms with E-state index < -0.39 is 0 Å². The zero-order chi connectivity index (χ0) is 13.4. The van der Waals surface area contributed by atoms with Gasteiger partial charge in [0.2, 0.25) is 5.91 Å². The third-order valence-corrected chi connectivity index (χ3v) is 4.95. The van der Waals surface area contributed by atoms with Crippen molar-refractivity contribution in [1.29, 1.82) is 0 Å². The first-order chi connectivity index (χ1) is 9.16. The fourth-order valence-electron chi connectivity index (χ4n) is 2.65. The van der Waals surface area contributed by atoms with Crippen molar-refractivity contribution in [2.24, 2.45) is 0 Å². The van der Waals surface area contributed by atoms with Gasteiger partial charge in [-0.05, 0) is 37.3 Å². The molecule has 2 aromatic rings. The highest BCUT2D eigenvalue weighted by molar-refractivity contribution is 7.10. The molecule has 0 aliphatic carbocycles. The van der Waals surface area contributed by atoms with Gasteiger partial charge in [0.15, 0.2) is 0 Å². The Morgan fingerprint density at radius 3 is 3.21 bits per heavy atom. The number of carbonyl (C=O) groups is 1. The number of aryl methyl sites for hydroxylation is 1. The van der Waals surface area contributed by atoms with E-state index in [1.165, 1.54) is 10.4 Å². The van der Waals surface area contributed by atoms with E-state index in [1.54, 1.807) is 17.7 Å². The highest BCUT2D eigenvalue weighted by Gasteiger charge is 2.28. The summed E-state index contributed by atoms with van der Waals surface area (Å²) in [6, 6.07) is 2.37. The van der Waals surface area contributed by atoms with Crippen LogP contribution in [-0.2, 0) is 17.6 Å². The van der Waals surface area contributed by atoms with Crippen LogP contribution in [0.1, 0.15) is 34.8 Å². The molecule has 1 N–H and O–H groups in total. The molecule has 0 aromatic carbocycles. The molecule has 1 atom stereocenters. The third kappa shape index (κ3) is 2.18. The Hall–Kier alpha value is -1.62. The standard InChI is InChI=1S/C14H17N3OS/c1-9-12(16-8-15-9)7-13(18)17-5-3-11-4-6-19-14(11)10(17)2/h4,6,8,10H,3,5,7H2,1-2H3,(H,15,16). The molecule has 0 saturated carbocycles. The minimum atomic E-state index is 0.168. The summed E-state index contributed by atoms with van der Waals surface area (Å²) in [4.78, 5) is 23.0. The molecule has 100 valence electrons. The lowest BCUT2D eigenvalue weighted by molar-refractivity contribution is -0.133. The lowest BCUT2D eigenvalue weighted by Gasteiger charge is -2.33. The molecule has 1 aliphatic heterocycles. The molecule has 0 fully saturated rings. The van der Waals surface area contributed by atoms with Crippen molar-refractivity contribution in [1.82, 2.24) is 14.9 Å². The van der Waals surface area contributed by atoms with Gasteiger partial charge >= 0.3 is 0 Å². The summed E-state index contributed by atoms with van der Waals surface area (Å²) in [6.07, 6.45) is 3.00. The number of fused-ring (bicyclic) bond motifs is 1. The van der Waals surface area contributed by atoms with Crippen LogP contribution in [-0.4, -0.2) is 27.3 Å². The number of hydrogen-bond donors (Lipinski definition) is 1. The molecule has 4 nitrogen and oxygen atoms in total. The zero-order valence-corrected chi connectivity index (χ0v) is 12.0. The first-order valence-corrected chi connectivity index (χ1v) is 7.39. The van der Waals surface area contributed by atoms with Crippen molar-refractivity contribution < 1.29 is 4.79 Å². The summed E-state index contributed by atoms with van der Waals surface area (Å²) in [5, 5.41) is 2.12. The predicted molar refractivity (Wildman–Crippen MR) is 75.2 cm³/mol. The Bertz CT molecular complexity index is 601. The summed E-state index contributed by atoms with van der Waals surface area (Å²) >= 11 is 1.75. The topological polar surface area (TPSA) is 49.0 Å². The Morgan fingerprint density at radius 1 is 1.63 bits per heavy atom. The van der Waals surface area contributed by atoms with Crippen molar-refractivity contribution in [2.75, 3.05) is 6.54 Å². The molecule has 0 saturated heterocycles. The zero-order valence-electron chi connectivity index (χ0n) is 11.1. The summed E-state index contributed by atoms with van der Waals surface area (Å²) < 4.78 is 0. The molecule has 5 heteroatoms. The van der Waals surface area contributed by atoms with E-state index in [-0.39, 0.29) is 11.9 Å². The van der Waals surface area contributed by atoms with Gasteiger partial charge < -0.3 is 9.88 Å². The highest BCUT2D eigenvalue weighted by atomic mass is 32.1. The summed E-state index contributed by atoms with van der Waals surface area (Å²) in [5.41, 5.74) is 3.24. The van der Waals surface area contributed by atoms with Crippen LogP contribution < -0.4 is 0 Å². The van der Waals surface area contributed by atoms with Crippen LogP contribution in [0.4, 0.5) is 0 Å².